The number of primary amides is 1. The van der Waals surface area contributed by atoms with E-state index in [9.17, 15) is 4.79 Å². The highest BCUT2D eigenvalue weighted by molar-refractivity contribution is 5.93. The minimum absolute atomic E-state index is 0.0995. The second-order valence-corrected chi connectivity index (χ2v) is 8.89. The Morgan fingerprint density at radius 1 is 1.27 bits per heavy atom. The van der Waals surface area contributed by atoms with Crippen molar-refractivity contribution in [1.82, 2.24) is 24.6 Å². The molecular formula is C25H32N6O2. The fourth-order valence-corrected chi connectivity index (χ4v) is 4.39. The van der Waals surface area contributed by atoms with Crippen LogP contribution in [0, 0.1) is 6.92 Å². The van der Waals surface area contributed by atoms with Gasteiger partial charge in [-0.15, -0.1) is 0 Å². The summed E-state index contributed by atoms with van der Waals surface area (Å²) in [5.74, 6) is 1.15. The van der Waals surface area contributed by atoms with Crippen molar-refractivity contribution in [1.29, 1.82) is 0 Å². The molecule has 0 saturated carbocycles. The molecule has 2 N–H and O–H groups in total. The first kappa shape index (κ1) is 22.9. The van der Waals surface area contributed by atoms with Crippen LogP contribution in [-0.4, -0.2) is 43.2 Å². The molecule has 1 fully saturated rings. The quantitative estimate of drug-likeness (QED) is 0.565. The Morgan fingerprint density at radius 2 is 2.12 bits per heavy atom. The molecule has 0 aliphatic carbocycles. The van der Waals surface area contributed by atoms with Crippen LogP contribution in [0.2, 0.25) is 0 Å². The number of nitrogens with zero attached hydrogens (tertiary/aromatic N) is 5. The molecule has 0 spiro atoms. The summed E-state index contributed by atoms with van der Waals surface area (Å²) in [5, 5.41) is 4.36. The number of hydrogen-bond donors (Lipinski definition) is 1. The average Bonchev–Trinajstić information content (AvgIpc) is 3.28. The SMILES string of the molecule is Cc1nc([C@@H]2CCCCN2Cc2ccc(OC(C)C)c(Cn3cccn3)c2)ncc1C(N)=O. The van der Waals surface area contributed by atoms with Crippen LogP contribution in [-0.2, 0) is 13.1 Å². The number of amides is 1. The van der Waals surface area contributed by atoms with E-state index in [4.69, 9.17) is 10.5 Å². The van der Waals surface area contributed by atoms with Crippen LogP contribution in [0.5, 0.6) is 5.75 Å². The highest BCUT2D eigenvalue weighted by Crippen LogP contribution is 2.31. The first-order chi connectivity index (χ1) is 15.9. The van der Waals surface area contributed by atoms with Gasteiger partial charge in [-0.3, -0.25) is 14.4 Å². The molecule has 2 aromatic heterocycles. The smallest absolute Gasteiger partial charge is 0.252 e. The fourth-order valence-electron chi connectivity index (χ4n) is 4.39. The third-order valence-electron chi connectivity index (χ3n) is 5.94. The van der Waals surface area contributed by atoms with Crippen LogP contribution in [0.15, 0.2) is 42.9 Å². The van der Waals surface area contributed by atoms with Crippen LogP contribution in [0.25, 0.3) is 0 Å². The summed E-state index contributed by atoms with van der Waals surface area (Å²) in [4.78, 5) is 23.1. The van der Waals surface area contributed by atoms with E-state index in [0.29, 0.717) is 17.8 Å². The molecule has 1 aromatic carbocycles. The summed E-state index contributed by atoms with van der Waals surface area (Å²) in [6.07, 6.45) is 8.67. The van der Waals surface area contributed by atoms with Crippen molar-refractivity contribution in [3.8, 4) is 5.75 Å². The molecule has 3 aromatic rings. The minimum atomic E-state index is -0.493. The van der Waals surface area contributed by atoms with E-state index in [1.165, 1.54) is 5.56 Å². The number of carbonyl (C=O) groups excluding carboxylic acids is 1. The van der Waals surface area contributed by atoms with Crippen molar-refractivity contribution < 1.29 is 9.53 Å². The highest BCUT2D eigenvalue weighted by Gasteiger charge is 2.27. The summed E-state index contributed by atoms with van der Waals surface area (Å²) >= 11 is 0. The molecule has 0 unspecified atom stereocenters. The predicted molar refractivity (Wildman–Crippen MR) is 126 cm³/mol. The third-order valence-corrected chi connectivity index (χ3v) is 5.94. The number of ether oxygens (including phenoxy) is 1. The minimum Gasteiger partial charge on any atom is -0.491 e. The van der Waals surface area contributed by atoms with Crippen molar-refractivity contribution in [3.05, 3.63) is 71.1 Å². The predicted octanol–water partition coefficient (Wildman–Crippen LogP) is 3.64. The van der Waals surface area contributed by atoms with Gasteiger partial charge in [0.15, 0.2) is 0 Å². The van der Waals surface area contributed by atoms with Crippen molar-refractivity contribution in [2.75, 3.05) is 6.54 Å². The molecule has 174 valence electrons. The molecule has 1 amide bonds. The Hall–Kier alpha value is -3.26. The van der Waals surface area contributed by atoms with E-state index in [2.05, 4.69) is 38.2 Å². The lowest BCUT2D eigenvalue weighted by Crippen LogP contribution is -2.34. The molecule has 1 saturated heterocycles. The average molecular weight is 449 g/mol. The number of hydrogen-bond acceptors (Lipinski definition) is 6. The maximum Gasteiger partial charge on any atom is 0.252 e. The lowest BCUT2D eigenvalue weighted by atomic mass is 9.99. The monoisotopic (exact) mass is 448 g/mol. The molecule has 1 atom stereocenters. The lowest BCUT2D eigenvalue weighted by Gasteiger charge is -2.35. The molecule has 8 nitrogen and oxygen atoms in total. The van der Waals surface area contributed by atoms with Crippen LogP contribution in [0.3, 0.4) is 0 Å². The van der Waals surface area contributed by atoms with Gasteiger partial charge in [0.2, 0.25) is 0 Å². The summed E-state index contributed by atoms with van der Waals surface area (Å²) < 4.78 is 7.97. The van der Waals surface area contributed by atoms with Gasteiger partial charge >= 0.3 is 0 Å². The van der Waals surface area contributed by atoms with Gasteiger partial charge in [0.05, 0.1) is 29.9 Å². The van der Waals surface area contributed by atoms with E-state index >= 15 is 0 Å². The van der Waals surface area contributed by atoms with Gasteiger partial charge in [-0.2, -0.15) is 5.10 Å². The second kappa shape index (κ2) is 10.1. The molecular weight excluding hydrogens is 416 g/mol. The summed E-state index contributed by atoms with van der Waals surface area (Å²) in [6.45, 7) is 8.31. The lowest BCUT2D eigenvalue weighted by molar-refractivity contribution is 0.0998. The van der Waals surface area contributed by atoms with E-state index < -0.39 is 5.91 Å². The van der Waals surface area contributed by atoms with Crippen molar-refractivity contribution in [2.24, 2.45) is 5.73 Å². The number of piperidine rings is 1. The van der Waals surface area contributed by atoms with Crippen molar-refractivity contribution >= 4 is 5.91 Å². The number of aromatic nitrogens is 4. The highest BCUT2D eigenvalue weighted by atomic mass is 16.5. The number of benzene rings is 1. The zero-order valence-corrected chi connectivity index (χ0v) is 19.6. The number of aryl methyl sites for hydroxylation is 1. The molecule has 3 heterocycles. The molecule has 1 aliphatic heterocycles. The molecule has 1 aliphatic rings. The Morgan fingerprint density at radius 3 is 2.82 bits per heavy atom. The van der Waals surface area contributed by atoms with E-state index in [0.717, 1.165) is 49.5 Å². The maximum atomic E-state index is 11.6. The first-order valence-electron chi connectivity index (χ1n) is 11.5. The Labute approximate surface area is 194 Å². The molecule has 0 bridgehead atoms. The number of carbonyl (C=O) groups is 1. The Bertz CT molecular complexity index is 1100. The van der Waals surface area contributed by atoms with Gasteiger partial charge in [0.1, 0.15) is 11.6 Å². The van der Waals surface area contributed by atoms with Crippen LogP contribution in [0.4, 0.5) is 0 Å². The summed E-state index contributed by atoms with van der Waals surface area (Å²) in [7, 11) is 0. The van der Waals surface area contributed by atoms with Gasteiger partial charge in [-0.1, -0.05) is 12.5 Å². The van der Waals surface area contributed by atoms with Crippen LogP contribution >= 0.6 is 0 Å². The fraction of sp³-hybridized carbons (Fsp3) is 0.440. The molecule has 0 radical (unpaired) electrons. The van der Waals surface area contributed by atoms with E-state index in [-0.39, 0.29) is 12.1 Å². The normalized spacial score (nSPS) is 16.8. The number of likely N-dealkylation sites (tertiary alicyclic amines) is 1. The number of nitrogens with two attached hydrogens (primary N) is 1. The van der Waals surface area contributed by atoms with Crippen molar-refractivity contribution in [3.63, 3.8) is 0 Å². The molecule has 8 heteroatoms. The topological polar surface area (TPSA) is 99.2 Å². The van der Waals surface area contributed by atoms with Gasteiger partial charge in [0.25, 0.3) is 5.91 Å². The Balaban J connectivity index is 1.58. The standard InChI is InChI=1S/C25H32N6O2/c1-17(2)33-23-9-8-19(13-20(23)16-31-12-6-10-28-31)15-30-11-5-4-7-22(30)25-27-14-21(24(26)32)18(3)29-25/h6,8-10,12-14,17,22H,4-5,7,11,15-16H2,1-3H3,(H2,26,32)/t22-/m0/s1. The summed E-state index contributed by atoms with van der Waals surface area (Å²) in [5.41, 5.74) is 8.77. The van der Waals surface area contributed by atoms with Gasteiger partial charge < -0.3 is 10.5 Å². The zero-order valence-electron chi connectivity index (χ0n) is 19.6. The van der Waals surface area contributed by atoms with E-state index in [1.807, 2.05) is 37.7 Å². The second-order valence-electron chi connectivity index (χ2n) is 8.89. The molecule has 4 rings (SSSR count). The maximum absolute atomic E-state index is 11.6. The van der Waals surface area contributed by atoms with Gasteiger partial charge in [-0.05, 0) is 63.9 Å². The third kappa shape index (κ3) is 5.57. The van der Waals surface area contributed by atoms with E-state index in [1.54, 1.807) is 12.4 Å². The van der Waals surface area contributed by atoms with Crippen LogP contribution in [0.1, 0.15) is 72.2 Å². The molecule has 33 heavy (non-hydrogen) atoms. The number of rotatable bonds is 8. The van der Waals surface area contributed by atoms with Crippen LogP contribution < -0.4 is 10.5 Å². The first-order valence-corrected chi connectivity index (χ1v) is 11.5. The largest absolute Gasteiger partial charge is 0.491 e. The Kier molecular flexibility index (Phi) is 7.03. The van der Waals surface area contributed by atoms with Gasteiger partial charge in [0, 0.05) is 30.7 Å². The zero-order chi connectivity index (χ0) is 23.4. The van der Waals surface area contributed by atoms with Crippen molar-refractivity contribution in [2.45, 2.75) is 65.3 Å². The van der Waals surface area contributed by atoms with Gasteiger partial charge in [-0.25, -0.2) is 9.97 Å². The summed E-state index contributed by atoms with van der Waals surface area (Å²) in [6, 6.07) is 8.46.